The maximum Gasteiger partial charge on any atom is 0.343 e. The van der Waals surface area contributed by atoms with Gasteiger partial charge in [0.05, 0.1) is 6.61 Å². The number of carbonyl (C=O) groups is 1. The molecule has 0 unspecified atom stereocenters. The lowest BCUT2D eigenvalue weighted by Crippen LogP contribution is -2.11. The first-order valence-corrected chi connectivity index (χ1v) is 8.22. The molecule has 0 bridgehead atoms. The van der Waals surface area contributed by atoms with E-state index in [1.165, 1.54) is 18.0 Å². The number of aromatic nitrogens is 4. The van der Waals surface area contributed by atoms with E-state index in [-0.39, 0.29) is 0 Å². The molecule has 0 fully saturated rings. The van der Waals surface area contributed by atoms with Gasteiger partial charge in [-0.3, -0.25) is 5.10 Å². The van der Waals surface area contributed by atoms with Crippen molar-refractivity contribution in [2.45, 2.75) is 32.3 Å². The minimum atomic E-state index is -0.456. The summed E-state index contributed by atoms with van der Waals surface area (Å²) in [6, 6.07) is 0. The summed E-state index contributed by atoms with van der Waals surface area (Å²) in [5.41, 5.74) is 2.34. The fourth-order valence-corrected chi connectivity index (χ4v) is 2.36. The Kier molecular flexibility index (Phi) is 5.37. The zero-order chi connectivity index (χ0) is 16.1. The molecule has 2 rings (SSSR count). The molecule has 2 N–H and O–H groups in total. The number of aromatic amines is 1. The fraction of sp³-hybridized carbons (Fsp3) is 0.429. The number of ether oxygens (including phenoxy) is 1. The van der Waals surface area contributed by atoms with E-state index in [2.05, 4.69) is 25.5 Å². The van der Waals surface area contributed by atoms with Crippen molar-refractivity contribution in [3.05, 3.63) is 23.0 Å². The number of anilines is 2. The first-order chi connectivity index (χ1) is 10.6. The van der Waals surface area contributed by atoms with Gasteiger partial charge in [-0.1, -0.05) is 18.7 Å². The third-order valence-electron chi connectivity index (χ3n) is 3.11. The van der Waals surface area contributed by atoms with Crippen LogP contribution >= 0.6 is 11.8 Å². The lowest BCUT2D eigenvalue weighted by molar-refractivity contribution is 0.0526. The second-order valence-electron chi connectivity index (χ2n) is 4.49. The molecule has 0 atom stereocenters. The second-order valence-corrected chi connectivity index (χ2v) is 5.27. The molecule has 0 spiro atoms. The van der Waals surface area contributed by atoms with Crippen LogP contribution in [0.1, 0.15) is 35.5 Å². The van der Waals surface area contributed by atoms with Crippen molar-refractivity contribution in [1.29, 1.82) is 0 Å². The second kappa shape index (κ2) is 7.26. The van der Waals surface area contributed by atoms with Gasteiger partial charge in [0.1, 0.15) is 5.56 Å². The Labute approximate surface area is 133 Å². The van der Waals surface area contributed by atoms with Gasteiger partial charge < -0.3 is 10.1 Å². The SMILES string of the molecule is CCOC(=O)c1cnc(SC)nc1Nc1n[nH]c(C)c1CC. The molecular weight excluding hydrogens is 302 g/mol. The van der Waals surface area contributed by atoms with E-state index < -0.39 is 5.97 Å². The molecule has 2 aromatic rings. The minimum absolute atomic E-state index is 0.294. The molecule has 2 heterocycles. The van der Waals surface area contributed by atoms with Crippen molar-refractivity contribution >= 4 is 29.4 Å². The molecule has 2 aromatic heterocycles. The van der Waals surface area contributed by atoms with Gasteiger partial charge in [-0.25, -0.2) is 14.8 Å². The predicted octanol–water partition coefficient (Wildman–Crippen LogP) is 2.71. The number of thioether (sulfide) groups is 1. The Bertz CT molecular complexity index is 671. The van der Waals surface area contributed by atoms with E-state index in [0.29, 0.717) is 29.0 Å². The van der Waals surface area contributed by atoms with Crippen LogP contribution in [-0.4, -0.2) is 39.0 Å². The Morgan fingerprint density at radius 1 is 1.41 bits per heavy atom. The van der Waals surface area contributed by atoms with E-state index in [1.807, 2.05) is 20.1 Å². The van der Waals surface area contributed by atoms with Crippen molar-refractivity contribution in [2.24, 2.45) is 0 Å². The van der Waals surface area contributed by atoms with E-state index in [9.17, 15) is 4.79 Å². The molecule has 0 radical (unpaired) electrons. The number of nitrogens with zero attached hydrogens (tertiary/aromatic N) is 3. The molecule has 7 nitrogen and oxygen atoms in total. The Balaban J connectivity index is 2.40. The Morgan fingerprint density at radius 2 is 2.18 bits per heavy atom. The summed E-state index contributed by atoms with van der Waals surface area (Å²) >= 11 is 1.40. The van der Waals surface area contributed by atoms with E-state index >= 15 is 0 Å². The summed E-state index contributed by atoms with van der Waals surface area (Å²) < 4.78 is 5.05. The summed E-state index contributed by atoms with van der Waals surface area (Å²) in [5, 5.41) is 10.9. The lowest BCUT2D eigenvalue weighted by atomic mass is 10.2. The third-order valence-corrected chi connectivity index (χ3v) is 3.67. The lowest BCUT2D eigenvalue weighted by Gasteiger charge is -2.10. The highest BCUT2D eigenvalue weighted by Gasteiger charge is 2.18. The van der Waals surface area contributed by atoms with Crippen LogP contribution in [0.4, 0.5) is 11.6 Å². The summed E-state index contributed by atoms with van der Waals surface area (Å²) in [7, 11) is 0. The molecule has 0 saturated carbocycles. The summed E-state index contributed by atoms with van der Waals surface area (Å²) in [6.07, 6.45) is 4.17. The molecule has 0 aliphatic rings. The van der Waals surface area contributed by atoms with Crippen molar-refractivity contribution in [3.63, 3.8) is 0 Å². The standard InChI is InChI=1S/C14H19N5O2S/c1-5-9-8(3)18-19-12(9)16-11-10(13(20)21-6-2)7-15-14(17-11)22-4/h7H,5-6H2,1-4H3,(H2,15,16,17,18,19). The predicted molar refractivity (Wildman–Crippen MR) is 85.8 cm³/mol. The highest BCUT2D eigenvalue weighted by Crippen LogP contribution is 2.24. The number of nitrogens with one attached hydrogen (secondary N) is 2. The zero-order valence-corrected chi connectivity index (χ0v) is 13.9. The topological polar surface area (TPSA) is 92.8 Å². The minimum Gasteiger partial charge on any atom is -0.462 e. The number of carbonyl (C=O) groups excluding carboxylic acids is 1. The smallest absolute Gasteiger partial charge is 0.343 e. The van der Waals surface area contributed by atoms with Gasteiger partial charge in [-0.2, -0.15) is 5.10 Å². The van der Waals surface area contributed by atoms with E-state index in [1.54, 1.807) is 6.92 Å². The van der Waals surface area contributed by atoms with Crippen LogP contribution < -0.4 is 5.32 Å². The number of H-pyrrole nitrogens is 1. The summed E-state index contributed by atoms with van der Waals surface area (Å²) in [6.45, 7) is 6.05. The number of rotatable bonds is 6. The van der Waals surface area contributed by atoms with Gasteiger partial charge >= 0.3 is 5.97 Å². The molecule has 0 aliphatic heterocycles. The average Bonchev–Trinajstić information content (AvgIpc) is 2.87. The molecule has 0 aliphatic carbocycles. The Hall–Kier alpha value is -2.09. The number of aryl methyl sites for hydroxylation is 1. The third kappa shape index (κ3) is 3.38. The van der Waals surface area contributed by atoms with Crippen LogP contribution in [0.15, 0.2) is 11.4 Å². The highest BCUT2D eigenvalue weighted by atomic mass is 32.2. The van der Waals surface area contributed by atoms with Crippen LogP contribution in [0.3, 0.4) is 0 Å². The number of esters is 1. The quantitative estimate of drug-likeness (QED) is 0.480. The monoisotopic (exact) mass is 321 g/mol. The number of hydrogen-bond donors (Lipinski definition) is 2. The number of hydrogen-bond acceptors (Lipinski definition) is 7. The maximum atomic E-state index is 12.0. The molecule has 22 heavy (non-hydrogen) atoms. The zero-order valence-electron chi connectivity index (χ0n) is 13.1. The first-order valence-electron chi connectivity index (χ1n) is 6.99. The van der Waals surface area contributed by atoms with Crippen LogP contribution in [-0.2, 0) is 11.2 Å². The molecule has 0 aromatic carbocycles. The maximum absolute atomic E-state index is 12.0. The fourth-order valence-electron chi connectivity index (χ4n) is 2.02. The van der Waals surface area contributed by atoms with Gasteiger partial charge in [0.2, 0.25) is 0 Å². The van der Waals surface area contributed by atoms with Crippen molar-refractivity contribution in [2.75, 3.05) is 18.2 Å². The average molecular weight is 321 g/mol. The summed E-state index contributed by atoms with van der Waals surface area (Å²) in [5.74, 6) is 0.610. The molecule has 118 valence electrons. The van der Waals surface area contributed by atoms with Crippen LogP contribution in [0, 0.1) is 6.92 Å². The molecular formula is C14H19N5O2S. The van der Waals surface area contributed by atoms with Gasteiger partial charge in [-0.15, -0.1) is 0 Å². The van der Waals surface area contributed by atoms with E-state index in [0.717, 1.165) is 17.7 Å². The van der Waals surface area contributed by atoms with Crippen LogP contribution in [0.2, 0.25) is 0 Å². The van der Waals surface area contributed by atoms with Crippen molar-refractivity contribution < 1.29 is 9.53 Å². The van der Waals surface area contributed by atoms with Gasteiger partial charge in [0, 0.05) is 17.5 Å². The van der Waals surface area contributed by atoms with Gasteiger partial charge in [0.25, 0.3) is 0 Å². The summed E-state index contributed by atoms with van der Waals surface area (Å²) in [4.78, 5) is 20.5. The largest absolute Gasteiger partial charge is 0.462 e. The normalized spacial score (nSPS) is 10.5. The first kappa shape index (κ1) is 16.3. The highest BCUT2D eigenvalue weighted by molar-refractivity contribution is 7.98. The van der Waals surface area contributed by atoms with E-state index in [4.69, 9.17) is 4.74 Å². The van der Waals surface area contributed by atoms with Gasteiger partial charge in [-0.05, 0) is 26.5 Å². The van der Waals surface area contributed by atoms with Gasteiger partial charge in [0.15, 0.2) is 16.8 Å². The molecule has 0 amide bonds. The van der Waals surface area contributed by atoms with Crippen molar-refractivity contribution in [3.8, 4) is 0 Å². The van der Waals surface area contributed by atoms with Crippen molar-refractivity contribution in [1.82, 2.24) is 20.2 Å². The van der Waals surface area contributed by atoms with Crippen LogP contribution in [0.5, 0.6) is 0 Å². The Morgan fingerprint density at radius 3 is 2.82 bits per heavy atom. The molecule has 0 saturated heterocycles. The molecule has 8 heteroatoms. The van der Waals surface area contributed by atoms with Crippen LogP contribution in [0.25, 0.3) is 0 Å².